The van der Waals surface area contributed by atoms with Crippen molar-refractivity contribution in [3.8, 4) is 6.07 Å². The molecule has 4 heteroatoms. The lowest BCUT2D eigenvalue weighted by Crippen LogP contribution is -2.42. The van der Waals surface area contributed by atoms with Gasteiger partial charge in [0.2, 0.25) is 5.91 Å². The maximum Gasteiger partial charge on any atom is 0.234 e. The van der Waals surface area contributed by atoms with E-state index in [4.69, 9.17) is 5.26 Å². The maximum absolute atomic E-state index is 11.6. The molecule has 2 unspecified atom stereocenters. The van der Waals surface area contributed by atoms with Crippen molar-refractivity contribution < 1.29 is 4.79 Å². The van der Waals surface area contributed by atoms with Crippen LogP contribution in [-0.2, 0) is 4.79 Å². The van der Waals surface area contributed by atoms with Gasteiger partial charge in [0.1, 0.15) is 0 Å². The molecule has 2 rings (SSSR count). The Morgan fingerprint density at radius 3 is 2.65 bits per heavy atom. The maximum atomic E-state index is 11.6. The highest BCUT2D eigenvalue weighted by Crippen LogP contribution is 2.23. The second-order valence-electron chi connectivity index (χ2n) is 5.20. The van der Waals surface area contributed by atoms with E-state index < -0.39 is 0 Å². The molecule has 0 bridgehead atoms. The zero-order chi connectivity index (χ0) is 12.1. The van der Waals surface area contributed by atoms with Gasteiger partial charge in [0.05, 0.1) is 18.5 Å². The molecule has 0 aromatic heterocycles. The fourth-order valence-electron chi connectivity index (χ4n) is 2.44. The number of carbonyl (C=O) groups excluding carboxylic acids is 1. The third-order valence-corrected chi connectivity index (χ3v) is 3.65. The van der Waals surface area contributed by atoms with E-state index in [0.29, 0.717) is 12.6 Å². The first kappa shape index (κ1) is 12.4. The molecule has 2 atom stereocenters. The van der Waals surface area contributed by atoms with Gasteiger partial charge in [0, 0.05) is 12.1 Å². The van der Waals surface area contributed by atoms with Crippen molar-refractivity contribution >= 4 is 5.91 Å². The van der Waals surface area contributed by atoms with Crippen LogP contribution in [0.4, 0.5) is 0 Å². The van der Waals surface area contributed by atoms with Crippen molar-refractivity contribution in [2.75, 3.05) is 6.54 Å². The van der Waals surface area contributed by atoms with Gasteiger partial charge >= 0.3 is 0 Å². The summed E-state index contributed by atoms with van der Waals surface area (Å²) in [4.78, 5) is 11.6. The molecule has 0 radical (unpaired) electrons. The summed E-state index contributed by atoms with van der Waals surface area (Å²) in [7, 11) is 0. The Kier molecular flexibility index (Phi) is 4.38. The van der Waals surface area contributed by atoms with E-state index in [0.717, 1.165) is 32.1 Å². The standard InChI is InChI=1S/C13H21N3O/c14-8-10-4-2-1-3-5-12(10)15-9-13(17)16-11-6-7-11/h10-12,15H,1-7,9H2,(H,16,17). The van der Waals surface area contributed by atoms with Crippen LogP contribution in [0.1, 0.15) is 44.9 Å². The van der Waals surface area contributed by atoms with E-state index in [1.165, 1.54) is 12.8 Å². The molecule has 2 fully saturated rings. The summed E-state index contributed by atoms with van der Waals surface area (Å²) in [5, 5.41) is 15.3. The summed E-state index contributed by atoms with van der Waals surface area (Å²) in [5.74, 6) is 0.152. The van der Waals surface area contributed by atoms with E-state index in [-0.39, 0.29) is 17.9 Å². The second kappa shape index (κ2) is 6.02. The molecule has 0 saturated heterocycles. The molecule has 17 heavy (non-hydrogen) atoms. The first-order chi connectivity index (χ1) is 8.29. The van der Waals surface area contributed by atoms with Crippen LogP contribution in [0, 0.1) is 17.2 Å². The van der Waals surface area contributed by atoms with Crippen molar-refractivity contribution in [3.63, 3.8) is 0 Å². The highest BCUT2D eigenvalue weighted by Gasteiger charge is 2.26. The normalized spacial score (nSPS) is 29.1. The van der Waals surface area contributed by atoms with Crippen molar-refractivity contribution in [1.29, 1.82) is 5.26 Å². The highest BCUT2D eigenvalue weighted by atomic mass is 16.2. The van der Waals surface area contributed by atoms with Gasteiger partial charge in [-0.3, -0.25) is 4.79 Å². The average molecular weight is 235 g/mol. The Balaban J connectivity index is 1.74. The molecule has 0 aromatic carbocycles. The van der Waals surface area contributed by atoms with Crippen molar-refractivity contribution in [2.24, 2.45) is 5.92 Å². The van der Waals surface area contributed by atoms with Gasteiger partial charge in [0.15, 0.2) is 0 Å². The van der Waals surface area contributed by atoms with Crippen LogP contribution >= 0.6 is 0 Å². The molecule has 2 aliphatic rings. The van der Waals surface area contributed by atoms with Gasteiger partial charge in [-0.15, -0.1) is 0 Å². The molecule has 0 aliphatic heterocycles. The first-order valence-electron chi connectivity index (χ1n) is 6.72. The van der Waals surface area contributed by atoms with Gasteiger partial charge in [0.25, 0.3) is 0 Å². The van der Waals surface area contributed by atoms with Crippen molar-refractivity contribution in [2.45, 2.75) is 57.0 Å². The summed E-state index contributed by atoms with van der Waals surface area (Å²) in [6.45, 7) is 0.360. The molecule has 1 amide bonds. The molecule has 2 aliphatic carbocycles. The quantitative estimate of drug-likeness (QED) is 0.722. The largest absolute Gasteiger partial charge is 0.352 e. The van der Waals surface area contributed by atoms with Crippen LogP contribution in [0.3, 0.4) is 0 Å². The van der Waals surface area contributed by atoms with E-state index >= 15 is 0 Å². The van der Waals surface area contributed by atoms with Crippen LogP contribution < -0.4 is 10.6 Å². The van der Waals surface area contributed by atoms with Gasteiger partial charge in [-0.05, 0) is 25.7 Å². The molecular weight excluding hydrogens is 214 g/mol. The van der Waals surface area contributed by atoms with Gasteiger partial charge in [-0.2, -0.15) is 5.26 Å². The van der Waals surface area contributed by atoms with Crippen molar-refractivity contribution in [3.05, 3.63) is 0 Å². The summed E-state index contributed by atoms with van der Waals surface area (Å²) >= 11 is 0. The predicted octanol–water partition coefficient (Wildman–Crippen LogP) is 1.33. The number of nitrogens with one attached hydrogen (secondary N) is 2. The van der Waals surface area contributed by atoms with E-state index in [2.05, 4.69) is 16.7 Å². The lowest BCUT2D eigenvalue weighted by Gasteiger charge is -2.20. The molecule has 2 saturated carbocycles. The number of hydrogen-bond donors (Lipinski definition) is 2. The topological polar surface area (TPSA) is 64.9 Å². The summed E-state index contributed by atoms with van der Waals surface area (Å²) in [6.07, 6.45) is 7.76. The number of amides is 1. The number of nitriles is 1. The molecule has 0 heterocycles. The monoisotopic (exact) mass is 235 g/mol. The molecule has 0 aromatic rings. The Labute approximate surface area is 103 Å². The third-order valence-electron chi connectivity index (χ3n) is 3.65. The average Bonchev–Trinajstić information content (AvgIpc) is 3.12. The minimum Gasteiger partial charge on any atom is -0.352 e. The molecule has 4 nitrogen and oxygen atoms in total. The number of carbonyl (C=O) groups is 1. The second-order valence-corrected chi connectivity index (χ2v) is 5.20. The van der Waals surface area contributed by atoms with Gasteiger partial charge in [-0.1, -0.05) is 19.3 Å². The zero-order valence-electron chi connectivity index (χ0n) is 10.2. The van der Waals surface area contributed by atoms with E-state index in [1.54, 1.807) is 0 Å². The van der Waals surface area contributed by atoms with Crippen LogP contribution in [0.2, 0.25) is 0 Å². The fourth-order valence-corrected chi connectivity index (χ4v) is 2.44. The summed E-state index contributed by atoms with van der Waals surface area (Å²) in [5.41, 5.74) is 0. The zero-order valence-corrected chi connectivity index (χ0v) is 10.2. The lowest BCUT2D eigenvalue weighted by atomic mass is 9.96. The molecule has 2 N–H and O–H groups in total. The SMILES string of the molecule is N#CC1CCCCCC1NCC(=O)NC1CC1. The fraction of sp³-hybridized carbons (Fsp3) is 0.846. The van der Waals surface area contributed by atoms with E-state index in [1.807, 2.05) is 0 Å². The Morgan fingerprint density at radius 2 is 1.94 bits per heavy atom. The van der Waals surface area contributed by atoms with Crippen LogP contribution in [0.25, 0.3) is 0 Å². The van der Waals surface area contributed by atoms with Crippen LogP contribution in [-0.4, -0.2) is 24.5 Å². The van der Waals surface area contributed by atoms with E-state index in [9.17, 15) is 4.79 Å². The molecule has 0 spiro atoms. The van der Waals surface area contributed by atoms with Crippen LogP contribution in [0.5, 0.6) is 0 Å². The van der Waals surface area contributed by atoms with Gasteiger partial charge in [-0.25, -0.2) is 0 Å². The number of rotatable bonds is 4. The molecular formula is C13H21N3O. The third kappa shape index (κ3) is 4.01. The predicted molar refractivity (Wildman–Crippen MR) is 65.1 cm³/mol. The Morgan fingerprint density at radius 1 is 1.18 bits per heavy atom. The molecule has 94 valence electrons. The smallest absolute Gasteiger partial charge is 0.234 e. The number of nitrogens with zero attached hydrogens (tertiary/aromatic N) is 1. The minimum absolute atomic E-state index is 0.0752. The first-order valence-corrected chi connectivity index (χ1v) is 6.72. The lowest BCUT2D eigenvalue weighted by molar-refractivity contribution is -0.120. The van der Waals surface area contributed by atoms with Crippen LogP contribution in [0.15, 0.2) is 0 Å². The minimum atomic E-state index is 0.0752. The summed E-state index contributed by atoms with van der Waals surface area (Å²) < 4.78 is 0. The number of hydrogen-bond acceptors (Lipinski definition) is 3. The highest BCUT2D eigenvalue weighted by molar-refractivity contribution is 5.78. The summed E-state index contributed by atoms with van der Waals surface area (Å²) in [6, 6.07) is 3.00. The van der Waals surface area contributed by atoms with Gasteiger partial charge < -0.3 is 10.6 Å². The Bertz CT molecular complexity index is 306. The van der Waals surface area contributed by atoms with Crippen molar-refractivity contribution in [1.82, 2.24) is 10.6 Å². The Hall–Kier alpha value is -1.08.